The minimum absolute atomic E-state index is 0.0789. The third-order valence-corrected chi connectivity index (χ3v) is 5.85. The molecule has 6 nitrogen and oxygen atoms in total. The number of ether oxygens (including phenoxy) is 2. The SMILES string of the molecule is O=C(O)c1cccc(N2C(=O)/C(=C\c3cc(Cl)c4c(c3)OCCCO4)SC2=S)c1. The van der Waals surface area contributed by atoms with Gasteiger partial charge in [-0.3, -0.25) is 9.69 Å². The molecular weight excluding hydrogens is 434 g/mol. The summed E-state index contributed by atoms with van der Waals surface area (Å²) in [6.45, 7) is 1.05. The number of carboxylic acids is 1. The average molecular weight is 448 g/mol. The molecule has 0 aliphatic carbocycles. The molecule has 1 N–H and O–H groups in total. The lowest BCUT2D eigenvalue weighted by Gasteiger charge is -2.14. The number of rotatable bonds is 3. The molecule has 0 aromatic heterocycles. The van der Waals surface area contributed by atoms with E-state index in [4.69, 9.17) is 33.3 Å². The number of benzene rings is 2. The first-order valence-corrected chi connectivity index (χ1v) is 10.2. The van der Waals surface area contributed by atoms with E-state index in [0.717, 1.165) is 18.2 Å². The van der Waals surface area contributed by atoms with Crippen LogP contribution in [0.3, 0.4) is 0 Å². The number of thioether (sulfide) groups is 1. The lowest BCUT2D eigenvalue weighted by Crippen LogP contribution is -2.27. The summed E-state index contributed by atoms with van der Waals surface area (Å²) < 4.78 is 11.6. The first-order chi connectivity index (χ1) is 13.9. The van der Waals surface area contributed by atoms with Gasteiger partial charge in [0.2, 0.25) is 0 Å². The number of amides is 1. The third-order valence-electron chi connectivity index (χ3n) is 4.27. The summed E-state index contributed by atoms with van der Waals surface area (Å²) in [4.78, 5) is 25.9. The Labute approximate surface area is 181 Å². The number of fused-ring (bicyclic) bond motifs is 1. The number of halogens is 1. The van der Waals surface area contributed by atoms with Crippen LogP contribution >= 0.6 is 35.6 Å². The van der Waals surface area contributed by atoms with Crippen molar-refractivity contribution in [2.24, 2.45) is 0 Å². The Morgan fingerprint density at radius 1 is 1.24 bits per heavy atom. The molecule has 2 aromatic carbocycles. The fraction of sp³-hybridized carbons (Fsp3) is 0.150. The number of aromatic carboxylic acids is 1. The quantitative estimate of drug-likeness (QED) is 0.544. The smallest absolute Gasteiger partial charge is 0.335 e. The zero-order chi connectivity index (χ0) is 20.5. The van der Waals surface area contributed by atoms with Crippen molar-refractivity contribution in [3.8, 4) is 11.5 Å². The highest BCUT2D eigenvalue weighted by Gasteiger charge is 2.33. The van der Waals surface area contributed by atoms with E-state index in [1.807, 2.05) is 0 Å². The molecule has 2 aliphatic rings. The Morgan fingerprint density at radius 3 is 2.83 bits per heavy atom. The summed E-state index contributed by atoms with van der Waals surface area (Å²) in [6, 6.07) is 9.56. The highest BCUT2D eigenvalue weighted by atomic mass is 35.5. The van der Waals surface area contributed by atoms with Crippen LogP contribution in [0.25, 0.3) is 6.08 Å². The summed E-state index contributed by atoms with van der Waals surface area (Å²) in [7, 11) is 0. The summed E-state index contributed by atoms with van der Waals surface area (Å²) >= 11 is 12.8. The molecule has 0 spiro atoms. The maximum absolute atomic E-state index is 12.9. The Bertz CT molecular complexity index is 1070. The molecule has 1 amide bonds. The minimum Gasteiger partial charge on any atom is -0.489 e. The van der Waals surface area contributed by atoms with Gasteiger partial charge in [-0.1, -0.05) is 41.6 Å². The van der Waals surface area contributed by atoms with E-state index in [9.17, 15) is 14.7 Å². The van der Waals surface area contributed by atoms with Crippen LogP contribution in [-0.4, -0.2) is 34.5 Å². The summed E-state index contributed by atoms with van der Waals surface area (Å²) in [5.41, 5.74) is 1.17. The van der Waals surface area contributed by atoms with E-state index in [1.165, 1.54) is 17.0 Å². The zero-order valence-corrected chi connectivity index (χ0v) is 17.3. The van der Waals surface area contributed by atoms with Gasteiger partial charge in [-0.15, -0.1) is 0 Å². The lowest BCUT2D eigenvalue weighted by molar-refractivity contribution is -0.113. The monoisotopic (exact) mass is 447 g/mol. The van der Waals surface area contributed by atoms with Crippen LogP contribution in [0.5, 0.6) is 11.5 Å². The molecule has 0 saturated carbocycles. The van der Waals surface area contributed by atoms with Crippen molar-refractivity contribution in [1.82, 2.24) is 0 Å². The highest BCUT2D eigenvalue weighted by Crippen LogP contribution is 2.41. The van der Waals surface area contributed by atoms with E-state index in [-0.39, 0.29) is 11.5 Å². The molecule has 29 heavy (non-hydrogen) atoms. The van der Waals surface area contributed by atoms with Gasteiger partial charge >= 0.3 is 5.97 Å². The topological polar surface area (TPSA) is 76.1 Å². The van der Waals surface area contributed by atoms with E-state index in [0.29, 0.717) is 50.2 Å². The normalized spacial score (nSPS) is 17.6. The van der Waals surface area contributed by atoms with Gasteiger partial charge in [-0.2, -0.15) is 0 Å². The zero-order valence-electron chi connectivity index (χ0n) is 14.9. The van der Waals surface area contributed by atoms with E-state index >= 15 is 0 Å². The number of carboxylic acid groups (broad SMARTS) is 1. The lowest BCUT2D eigenvalue weighted by atomic mass is 10.1. The maximum atomic E-state index is 12.9. The number of anilines is 1. The molecule has 148 valence electrons. The van der Waals surface area contributed by atoms with Crippen LogP contribution < -0.4 is 14.4 Å². The predicted molar refractivity (Wildman–Crippen MR) is 116 cm³/mol. The first kappa shape index (κ1) is 19.8. The molecule has 0 radical (unpaired) electrons. The van der Waals surface area contributed by atoms with Crippen molar-refractivity contribution in [1.29, 1.82) is 0 Å². The predicted octanol–water partition coefficient (Wildman–Crippen LogP) is 4.61. The maximum Gasteiger partial charge on any atom is 0.335 e. The van der Waals surface area contributed by atoms with Gasteiger partial charge in [0, 0.05) is 6.42 Å². The van der Waals surface area contributed by atoms with Gasteiger partial charge < -0.3 is 14.6 Å². The molecule has 4 rings (SSSR count). The van der Waals surface area contributed by atoms with Crippen LogP contribution in [0.2, 0.25) is 5.02 Å². The molecule has 2 aliphatic heterocycles. The van der Waals surface area contributed by atoms with E-state index in [1.54, 1.807) is 30.3 Å². The molecule has 1 fully saturated rings. The Balaban J connectivity index is 1.66. The molecule has 2 heterocycles. The number of hydrogen-bond acceptors (Lipinski definition) is 6. The van der Waals surface area contributed by atoms with Crippen LogP contribution in [0, 0.1) is 0 Å². The van der Waals surface area contributed by atoms with Crippen molar-refractivity contribution in [2.75, 3.05) is 18.1 Å². The second-order valence-corrected chi connectivity index (χ2v) is 8.34. The van der Waals surface area contributed by atoms with Gasteiger partial charge in [-0.25, -0.2) is 4.79 Å². The molecule has 1 saturated heterocycles. The van der Waals surface area contributed by atoms with E-state index < -0.39 is 5.97 Å². The largest absolute Gasteiger partial charge is 0.489 e. The van der Waals surface area contributed by atoms with E-state index in [2.05, 4.69) is 0 Å². The van der Waals surface area contributed by atoms with Gasteiger partial charge in [0.25, 0.3) is 5.91 Å². The van der Waals surface area contributed by atoms with Crippen LogP contribution in [-0.2, 0) is 4.79 Å². The van der Waals surface area contributed by atoms with Gasteiger partial charge in [0.15, 0.2) is 15.8 Å². The second-order valence-electron chi connectivity index (χ2n) is 6.25. The molecule has 2 aromatic rings. The Kier molecular flexibility index (Phi) is 5.49. The molecule has 0 atom stereocenters. The van der Waals surface area contributed by atoms with Crippen LogP contribution in [0.15, 0.2) is 41.3 Å². The van der Waals surface area contributed by atoms with Crippen molar-refractivity contribution < 1.29 is 24.2 Å². The van der Waals surface area contributed by atoms with Gasteiger partial charge in [-0.05, 0) is 42.0 Å². The standard InChI is InChI=1S/C20H14ClNO5S2/c21-14-7-11(8-15-17(14)27-6-2-5-26-15)9-16-18(23)22(20(28)29-16)13-4-1-3-12(10-13)19(24)25/h1,3-4,7-10H,2,5-6H2,(H,24,25)/b16-9+. The summed E-state index contributed by atoms with van der Waals surface area (Å²) in [6.07, 6.45) is 2.44. The average Bonchev–Trinajstić information content (AvgIpc) is 2.85. The molecule has 0 bridgehead atoms. The second kappa shape index (κ2) is 8.06. The van der Waals surface area contributed by atoms with Crippen molar-refractivity contribution in [2.45, 2.75) is 6.42 Å². The third kappa shape index (κ3) is 3.96. The first-order valence-electron chi connectivity index (χ1n) is 8.64. The van der Waals surface area contributed by atoms with Crippen molar-refractivity contribution >= 4 is 63.5 Å². The number of thiocarbonyl (C=S) groups is 1. The fourth-order valence-corrected chi connectivity index (χ4v) is 4.53. The Hall–Kier alpha value is -2.55. The van der Waals surface area contributed by atoms with Crippen molar-refractivity contribution in [3.63, 3.8) is 0 Å². The highest BCUT2D eigenvalue weighted by molar-refractivity contribution is 8.27. The molecular formula is C20H14ClNO5S2. The Morgan fingerprint density at radius 2 is 2.03 bits per heavy atom. The minimum atomic E-state index is -1.07. The molecule has 9 heteroatoms. The van der Waals surface area contributed by atoms with Crippen molar-refractivity contribution in [3.05, 3.63) is 57.5 Å². The van der Waals surface area contributed by atoms with Gasteiger partial charge in [0.05, 0.1) is 34.4 Å². The number of carbonyl (C=O) groups is 2. The van der Waals surface area contributed by atoms with Crippen LogP contribution in [0.4, 0.5) is 5.69 Å². The van der Waals surface area contributed by atoms with Crippen LogP contribution in [0.1, 0.15) is 22.3 Å². The summed E-state index contributed by atoms with van der Waals surface area (Å²) in [5, 5.41) is 9.59. The number of nitrogens with zero attached hydrogens (tertiary/aromatic N) is 1. The number of carbonyl (C=O) groups excluding carboxylic acids is 1. The number of hydrogen-bond donors (Lipinski definition) is 1. The molecule has 0 unspecified atom stereocenters. The van der Waals surface area contributed by atoms with Gasteiger partial charge in [0.1, 0.15) is 0 Å². The summed E-state index contributed by atoms with van der Waals surface area (Å²) in [5.74, 6) is -0.370. The fourth-order valence-electron chi connectivity index (χ4n) is 2.95.